The minimum absolute atomic E-state index is 0.674. The van der Waals surface area contributed by atoms with Crippen LogP contribution < -0.4 is 0 Å². The molecule has 1 aliphatic heterocycles. The molecular weight excluding hydrogens is 264 g/mol. The third-order valence-electron chi connectivity index (χ3n) is 4.04. The van der Waals surface area contributed by atoms with Crippen molar-refractivity contribution in [3.63, 3.8) is 0 Å². The monoisotopic (exact) mass is 288 g/mol. The van der Waals surface area contributed by atoms with Crippen molar-refractivity contribution in [2.24, 2.45) is 0 Å². The number of likely N-dealkylation sites (tertiary alicyclic amines) is 1. The van der Waals surface area contributed by atoms with Gasteiger partial charge in [-0.1, -0.05) is 24.3 Å². The van der Waals surface area contributed by atoms with E-state index >= 15 is 0 Å². The quantitative estimate of drug-likeness (QED) is 0.816. The first kappa shape index (κ1) is 15.7. The Morgan fingerprint density at radius 3 is 2.71 bits per heavy atom. The van der Waals surface area contributed by atoms with Gasteiger partial charge in [-0.05, 0) is 50.7 Å². The maximum atomic E-state index is 10.5. The lowest BCUT2D eigenvalue weighted by Crippen LogP contribution is -2.36. The average Bonchev–Trinajstić information content (AvgIpc) is 2.83. The van der Waals surface area contributed by atoms with Crippen molar-refractivity contribution in [1.29, 1.82) is 0 Å². The summed E-state index contributed by atoms with van der Waals surface area (Å²) >= 11 is 0. The first-order valence-corrected chi connectivity index (χ1v) is 7.43. The fourth-order valence-corrected chi connectivity index (χ4v) is 2.85. The van der Waals surface area contributed by atoms with Crippen LogP contribution in [-0.4, -0.2) is 54.1 Å². The Morgan fingerprint density at radius 1 is 1.43 bits per heavy atom. The third kappa shape index (κ3) is 4.99. The largest absolute Gasteiger partial charge is 0.478 e. The zero-order valence-corrected chi connectivity index (χ0v) is 12.8. The summed E-state index contributed by atoms with van der Waals surface area (Å²) in [6.45, 7) is 3.23. The molecule has 0 bridgehead atoms. The van der Waals surface area contributed by atoms with Crippen LogP contribution in [0.2, 0.25) is 0 Å². The summed E-state index contributed by atoms with van der Waals surface area (Å²) in [5, 5.41) is 8.61. The highest BCUT2D eigenvalue weighted by molar-refractivity contribution is 5.85. The molecule has 2 rings (SSSR count). The number of carboxylic acids is 1. The second-order valence-electron chi connectivity index (χ2n) is 5.89. The molecule has 0 saturated carbocycles. The van der Waals surface area contributed by atoms with Gasteiger partial charge in [0.1, 0.15) is 0 Å². The second-order valence-corrected chi connectivity index (χ2v) is 5.89. The topological polar surface area (TPSA) is 43.8 Å². The van der Waals surface area contributed by atoms with Crippen LogP contribution >= 0.6 is 0 Å². The van der Waals surface area contributed by atoms with E-state index in [4.69, 9.17) is 5.11 Å². The molecule has 1 atom stereocenters. The van der Waals surface area contributed by atoms with E-state index in [1.807, 2.05) is 12.1 Å². The molecule has 1 aromatic carbocycles. The molecule has 21 heavy (non-hydrogen) atoms. The summed E-state index contributed by atoms with van der Waals surface area (Å²) < 4.78 is 0. The van der Waals surface area contributed by atoms with Crippen molar-refractivity contribution >= 4 is 12.0 Å². The van der Waals surface area contributed by atoms with Crippen molar-refractivity contribution in [2.45, 2.75) is 25.4 Å². The van der Waals surface area contributed by atoms with E-state index in [-0.39, 0.29) is 0 Å². The van der Waals surface area contributed by atoms with Gasteiger partial charge in [-0.25, -0.2) is 4.79 Å². The Hall–Kier alpha value is -1.65. The summed E-state index contributed by atoms with van der Waals surface area (Å²) in [5.41, 5.74) is 2.17. The van der Waals surface area contributed by atoms with Crippen molar-refractivity contribution in [1.82, 2.24) is 9.80 Å². The Labute approximate surface area is 126 Å². The molecule has 1 unspecified atom stereocenters. The number of carbonyl (C=O) groups is 1. The Bertz CT molecular complexity index is 496. The molecule has 1 heterocycles. The Balaban J connectivity index is 1.86. The highest BCUT2D eigenvalue weighted by atomic mass is 16.4. The number of hydrogen-bond donors (Lipinski definition) is 1. The third-order valence-corrected chi connectivity index (χ3v) is 4.04. The summed E-state index contributed by atoms with van der Waals surface area (Å²) in [6, 6.07) is 8.73. The van der Waals surface area contributed by atoms with Gasteiger partial charge in [0.25, 0.3) is 0 Å². The molecule has 4 nitrogen and oxygen atoms in total. The minimum atomic E-state index is -0.917. The fourth-order valence-electron chi connectivity index (χ4n) is 2.85. The van der Waals surface area contributed by atoms with Gasteiger partial charge in [0.15, 0.2) is 0 Å². The first-order chi connectivity index (χ1) is 10.0. The van der Waals surface area contributed by atoms with E-state index in [2.05, 4.69) is 36.0 Å². The average molecular weight is 288 g/mol. The summed E-state index contributed by atoms with van der Waals surface area (Å²) in [5.74, 6) is -0.917. The van der Waals surface area contributed by atoms with Gasteiger partial charge >= 0.3 is 5.97 Å². The van der Waals surface area contributed by atoms with Crippen LogP contribution in [0.25, 0.3) is 6.08 Å². The number of likely N-dealkylation sites (N-methyl/N-ethyl adjacent to an activating group) is 2. The van der Waals surface area contributed by atoms with Crippen molar-refractivity contribution < 1.29 is 9.90 Å². The fraction of sp³-hybridized carbons (Fsp3) is 0.471. The second kappa shape index (κ2) is 7.38. The van der Waals surface area contributed by atoms with Gasteiger partial charge in [-0.15, -0.1) is 0 Å². The molecular formula is C17H24N2O2. The number of hydrogen-bond acceptors (Lipinski definition) is 3. The molecule has 0 aromatic heterocycles. The lowest BCUT2D eigenvalue weighted by Gasteiger charge is -2.25. The molecule has 0 amide bonds. The van der Waals surface area contributed by atoms with Crippen LogP contribution in [0.5, 0.6) is 0 Å². The van der Waals surface area contributed by atoms with E-state index in [1.165, 1.54) is 24.9 Å². The van der Waals surface area contributed by atoms with E-state index in [1.54, 1.807) is 6.08 Å². The number of benzene rings is 1. The molecule has 1 aromatic rings. The molecule has 4 heteroatoms. The molecule has 1 aliphatic rings. The molecule has 0 radical (unpaired) electrons. The number of aliphatic carboxylic acids is 1. The SMILES string of the molecule is CN(Cc1ccc(C=CC(=O)O)cc1)CC1CCCN1C. The number of nitrogens with zero attached hydrogens (tertiary/aromatic N) is 2. The van der Waals surface area contributed by atoms with Crippen LogP contribution in [-0.2, 0) is 11.3 Å². The van der Waals surface area contributed by atoms with E-state index < -0.39 is 5.97 Å². The maximum Gasteiger partial charge on any atom is 0.328 e. The van der Waals surface area contributed by atoms with Gasteiger partial charge in [0.05, 0.1) is 0 Å². The summed E-state index contributed by atoms with van der Waals surface area (Å²) in [4.78, 5) is 15.3. The molecule has 1 N–H and O–H groups in total. The number of carboxylic acid groups (broad SMARTS) is 1. The van der Waals surface area contributed by atoms with Crippen molar-refractivity contribution in [3.8, 4) is 0 Å². The van der Waals surface area contributed by atoms with Crippen LogP contribution in [0, 0.1) is 0 Å². The van der Waals surface area contributed by atoms with E-state index in [0.717, 1.165) is 24.7 Å². The standard InChI is InChI=1S/C17H24N2O2/c1-18(13-16-4-3-11-19(16)2)12-15-7-5-14(6-8-15)9-10-17(20)21/h5-10,16H,3-4,11-13H2,1-2H3,(H,20,21). The molecule has 114 valence electrons. The normalized spacial score (nSPS) is 19.7. The van der Waals surface area contributed by atoms with E-state index in [9.17, 15) is 4.79 Å². The Morgan fingerprint density at radius 2 is 2.14 bits per heavy atom. The molecule has 0 aliphatic carbocycles. The van der Waals surface area contributed by atoms with Crippen LogP contribution in [0.1, 0.15) is 24.0 Å². The zero-order valence-electron chi connectivity index (χ0n) is 12.8. The first-order valence-electron chi connectivity index (χ1n) is 7.43. The highest BCUT2D eigenvalue weighted by Gasteiger charge is 2.21. The van der Waals surface area contributed by atoms with Gasteiger partial charge < -0.3 is 14.9 Å². The van der Waals surface area contributed by atoms with Crippen LogP contribution in [0.4, 0.5) is 0 Å². The highest BCUT2D eigenvalue weighted by Crippen LogP contribution is 2.16. The van der Waals surface area contributed by atoms with Crippen LogP contribution in [0.15, 0.2) is 30.3 Å². The lowest BCUT2D eigenvalue weighted by molar-refractivity contribution is -0.131. The predicted molar refractivity (Wildman–Crippen MR) is 85.1 cm³/mol. The summed E-state index contributed by atoms with van der Waals surface area (Å²) in [6.07, 6.45) is 5.37. The zero-order chi connectivity index (χ0) is 15.2. The van der Waals surface area contributed by atoms with Gasteiger partial charge in [-0.3, -0.25) is 0 Å². The summed E-state index contributed by atoms with van der Waals surface area (Å²) in [7, 11) is 4.36. The lowest BCUT2D eigenvalue weighted by atomic mass is 10.1. The minimum Gasteiger partial charge on any atom is -0.478 e. The Kier molecular flexibility index (Phi) is 5.53. The van der Waals surface area contributed by atoms with Crippen molar-refractivity contribution in [2.75, 3.05) is 27.2 Å². The van der Waals surface area contributed by atoms with Gasteiger partial charge in [0, 0.05) is 25.2 Å². The maximum absolute atomic E-state index is 10.5. The molecule has 1 saturated heterocycles. The molecule has 0 spiro atoms. The molecule has 1 fully saturated rings. The smallest absolute Gasteiger partial charge is 0.328 e. The van der Waals surface area contributed by atoms with Gasteiger partial charge in [0.2, 0.25) is 0 Å². The van der Waals surface area contributed by atoms with Crippen molar-refractivity contribution in [3.05, 3.63) is 41.5 Å². The predicted octanol–water partition coefficient (Wildman–Crippen LogP) is 2.31. The van der Waals surface area contributed by atoms with Gasteiger partial charge in [-0.2, -0.15) is 0 Å². The van der Waals surface area contributed by atoms with E-state index in [0.29, 0.717) is 6.04 Å². The number of rotatable bonds is 6. The van der Waals surface area contributed by atoms with Crippen LogP contribution in [0.3, 0.4) is 0 Å².